The molecule has 0 radical (unpaired) electrons. The van der Waals surface area contributed by atoms with Crippen LogP contribution in [0.1, 0.15) is 31.1 Å². The first-order valence-electron chi connectivity index (χ1n) is 5.47. The highest BCUT2D eigenvalue weighted by Gasteiger charge is 2.21. The van der Waals surface area contributed by atoms with Gasteiger partial charge in [-0.15, -0.1) is 0 Å². The van der Waals surface area contributed by atoms with Gasteiger partial charge in [0.15, 0.2) is 5.78 Å². The average molecular weight is 253 g/mol. The standard InChI is InChI=1S/C13H16FNO3/c1-13(2,3)11(16)7-18-8-4-5-9(12(15)17)10(14)6-8/h4-6H,7H2,1-3H3,(H2,15,17). The topological polar surface area (TPSA) is 69.4 Å². The minimum Gasteiger partial charge on any atom is -0.486 e. The number of ether oxygens (including phenoxy) is 1. The van der Waals surface area contributed by atoms with Crippen molar-refractivity contribution in [2.45, 2.75) is 20.8 Å². The Kier molecular flexibility index (Phi) is 4.06. The van der Waals surface area contributed by atoms with Crippen LogP contribution in [0.2, 0.25) is 0 Å². The monoisotopic (exact) mass is 253 g/mol. The van der Waals surface area contributed by atoms with Crippen LogP contribution in [0.5, 0.6) is 5.75 Å². The Morgan fingerprint density at radius 1 is 1.33 bits per heavy atom. The molecule has 18 heavy (non-hydrogen) atoms. The van der Waals surface area contributed by atoms with Gasteiger partial charge in [0.05, 0.1) is 5.56 Å². The molecule has 0 saturated carbocycles. The molecule has 1 rings (SSSR count). The molecule has 0 unspecified atom stereocenters. The van der Waals surface area contributed by atoms with Crippen LogP contribution in [0.25, 0.3) is 0 Å². The lowest BCUT2D eigenvalue weighted by Gasteiger charge is -2.16. The predicted molar refractivity (Wildman–Crippen MR) is 64.9 cm³/mol. The van der Waals surface area contributed by atoms with E-state index in [0.29, 0.717) is 0 Å². The molecule has 0 atom stereocenters. The van der Waals surface area contributed by atoms with Gasteiger partial charge in [-0.1, -0.05) is 20.8 Å². The molecule has 1 amide bonds. The maximum absolute atomic E-state index is 13.4. The van der Waals surface area contributed by atoms with Crippen molar-refractivity contribution in [2.24, 2.45) is 11.1 Å². The van der Waals surface area contributed by atoms with Crippen LogP contribution in [-0.2, 0) is 4.79 Å². The fourth-order valence-electron chi connectivity index (χ4n) is 1.15. The molecule has 0 heterocycles. The van der Waals surface area contributed by atoms with E-state index in [0.717, 1.165) is 6.07 Å². The summed E-state index contributed by atoms with van der Waals surface area (Å²) in [5.41, 5.74) is 4.26. The number of Topliss-reactive ketones (excluding diaryl/α,β-unsaturated/α-hetero) is 1. The largest absolute Gasteiger partial charge is 0.486 e. The van der Waals surface area contributed by atoms with Crippen LogP contribution in [0.4, 0.5) is 4.39 Å². The van der Waals surface area contributed by atoms with Crippen LogP contribution >= 0.6 is 0 Å². The van der Waals surface area contributed by atoms with Crippen LogP contribution in [-0.4, -0.2) is 18.3 Å². The maximum atomic E-state index is 13.4. The Labute approximate surface area is 105 Å². The number of benzene rings is 1. The molecule has 0 aliphatic rings. The summed E-state index contributed by atoms with van der Waals surface area (Å²) in [6.45, 7) is 5.18. The fraction of sp³-hybridized carbons (Fsp3) is 0.385. The first kappa shape index (κ1) is 14.2. The summed E-state index contributed by atoms with van der Waals surface area (Å²) in [6.07, 6.45) is 0. The summed E-state index contributed by atoms with van der Waals surface area (Å²) in [7, 11) is 0. The molecule has 0 aromatic heterocycles. The quantitative estimate of drug-likeness (QED) is 0.891. The van der Waals surface area contributed by atoms with Crippen molar-refractivity contribution in [1.82, 2.24) is 0 Å². The van der Waals surface area contributed by atoms with E-state index in [1.807, 2.05) is 0 Å². The molecule has 0 aliphatic carbocycles. The molecule has 1 aromatic rings. The minimum atomic E-state index is -0.843. The highest BCUT2D eigenvalue weighted by Crippen LogP contribution is 2.19. The lowest BCUT2D eigenvalue weighted by atomic mass is 9.91. The third-order valence-electron chi connectivity index (χ3n) is 2.41. The number of carbonyl (C=O) groups is 2. The Morgan fingerprint density at radius 2 is 1.94 bits per heavy atom. The zero-order chi connectivity index (χ0) is 13.9. The van der Waals surface area contributed by atoms with E-state index in [4.69, 9.17) is 10.5 Å². The highest BCUT2D eigenvalue weighted by molar-refractivity contribution is 5.93. The Balaban J connectivity index is 2.73. The third kappa shape index (κ3) is 3.55. The van der Waals surface area contributed by atoms with E-state index in [1.54, 1.807) is 20.8 Å². The van der Waals surface area contributed by atoms with E-state index < -0.39 is 17.1 Å². The van der Waals surface area contributed by atoms with Crippen molar-refractivity contribution in [3.8, 4) is 5.75 Å². The molecular weight excluding hydrogens is 237 g/mol. The molecule has 0 spiro atoms. The smallest absolute Gasteiger partial charge is 0.251 e. The van der Waals surface area contributed by atoms with Gasteiger partial charge in [-0.3, -0.25) is 9.59 Å². The minimum absolute atomic E-state index is 0.0955. The zero-order valence-electron chi connectivity index (χ0n) is 10.6. The lowest BCUT2D eigenvalue weighted by Crippen LogP contribution is -2.26. The van der Waals surface area contributed by atoms with Gasteiger partial charge in [0.2, 0.25) is 0 Å². The molecule has 0 saturated heterocycles. The van der Waals surface area contributed by atoms with Gasteiger partial charge < -0.3 is 10.5 Å². The van der Waals surface area contributed by atoms with Crippen molar-refractivity contribution in [3.05, 3.63) is 29.6 Å². The van der Waals surface area contributed by atoms with Gasteiger partial charge >= 0.3 is 0 Å². The number of nitrogens with two attached hydrogens (primary N) is 1. The number of rotatable bonds is 4. The summed E-state index contributed by atoms with van der Waals surface area (Å²) in [6, 6.07) is 3.67. The number of hydrogen-bond acceptors (Lipinski definition) is 3. The number of halogens is 1. The third-order valence-corrected chi connectivity index (χ3v) is 2.41. The molecule has 1 aromatic carbocycles. The molecule has 4 nitrogen and oxygen atoms in total. The second-order valence-electron chi connectivity index (χ2n) is 4.97. The lowest BCUT2D eigenvalue weighted by molar-refractivity contribution is -0.128. The summed E-state index contributed by atoms with van der Waals surface area (Å²) >= 11 is 0. The second-order valence-corrected chi connectivity index (χ2v) is 4.97. The number of primary amides is 1. The van der Waals surface area contributed by atoms with Crippen LogP contribution in [0.15, 0.2) is 18.2 Å². The van der Waals surface area contributed by atoms with Gasteiger partial charge in [0.1, 0.15) is 18.2 Å². The number of carbonyl (C=O) groups excluding carboxylic acids is 2. The van der Waals surface area contributed by atoms with E-state index >= 15 is 0 Å². The van der Waals surface area contributed by atoms with Crippen LogP contribution in [0.3, 0.4) is 0 Å². The van der Waals surface area contributed by atoms with E-state index in [9.17, 15) is 14.0 Å². The predicted octanol–water partition coefficient (Wildman–Crippen LogP) is 1.92. The summed E-state index contributed by atoms with van der Waals surface area (Å²) in [4.78, 5) is 22.4. The first-order valence-corrected chi connectivity index (χ1v) is 5.47. The highest BCUT2D eigenvalue weighted by atomic mass is 19.1. The molecule has 5 heteroatoms. The Hall–Kier alpha value is -1.91. The SMILES string of the molecule is CC(C)(C)C(=O)COc1ccc(C(N)=O)c(F)c1. The van der Waals surface area contributed by atoms with Gasteiger partial charge in [0, 0.05) is 11.5 Å². The summed E-state index contributed by atoms with van der Waals surface area (Å²) in [5.74, 6) is -1.51. The average Bonchev–Trinajstić information content (AvgIpc) is 2.24. The van der Waals surface area contributed by atoms with E-state index in [1.165, 1.54) is 12.1 Å². The van der Waals surface area contributed by atoms with Crippen molar-refractivity contribution in [1.29, 1.82) is 0 Å². The maximum Gasteiger partial charge on any atom is 0.251 e. The van der Waals surface area contributed by atoms with Crippen LogP contribution in [0, 0.1) is 11.2 Å². The summed E-state index contributed by atoms with van der Waals surface area (Å²) < 4.78 is 18.6. The van der Waals surface area contributed by atoms with Gasteiger partial charge in [0.25, 0.3) is 5.91 Å². The summed E-state index contributed by atoms with van der Waals surface area (Å²) in [5, 5.41) is 0. The molecule has 2 N–H and O–H groups in total. The molecule has 0 bridgehead atoms. The van der Waals surface area contributed by atoms with E-state index in [-0.39, 0.29) is 23.7 Å². The van der Waals surface area contributed by atoms with Crippen molar-refractivity contribution in [2.75, 3.05) is 6.61 Å². The van der Waals surface area contributed by atoms with Gasteiger partial charge in [-0.05, 0) is 12.1 Å². The normalized spacial score (nSPS) is 11.1. The molecule has 98 valence electrons. The first-order chi connectivity index (χ1) is 8.21. The van der Waals surface area contributed by atoms with Crippen LogP contribution < -0.4 is 10.5 Å². The zero-order valence-corrected chi connectivity index (χ0v) is 10.6. The van der Waals surface area contributed by atoms with E-state index in [2.05, 4.69) is 0 Å². The molecule has 0 fully saturated rings. The Morgan fingerprint density at radius 3 is 2.39 bits per heavy atom. The Bertz CT molecular complexity index is 478. The molecule has 0 aliphatic heterocycles. The van der Waals surface area contributed by atoms with Crippen molar-refractivity contribution < 1.29 is 18.7 Å². The fourth-order valence-corrected chi connectivity index (χ4v) is 1.15. The van der Waals surface area contributed by atoms with Gasteiger partial charge in [-0.25, -0.2) is 4.39 Å². The molecular formula is C13H16FNO3. The van der Waals surface area contributed by atoms with Crippen molar-refractivity contribution in [3.63, 3.8) is 0 Å². The number of hydrogen-bond donors (Lipinski definition) is 1. The van der Waals surface area contributed by atoms with Gasteiger partial charge in [-0.2, -0.15) is 0 Å². The second kappa shape index (κ2) is 5.16. The van der Waals surface area contributed by atoms with Crippen molar-refractivity contribution >= 4 is 11.7 Å². The number of amides is 1. The number of ketones is 1.